The lowest BCUT2D eigenvalue weighted by Crippen LogP contribution is -2.49. The van der Waals surface area contributed by atoms with Crippen molar-refractivity contribution in [3.8, 4) is 5.82 Å². The van der Waals surface area contributed by atoms with E-state index >= 15 is 0 Å². The van der Waals surface area contributed by atoms with Gasteiger partial charge in [-0.05, 0) is 26.8 Å². The van der Waals surface area contributed by atoms with Crippen LogP contribution >= 0.6 is 0 Å². The molecule has 10 heteroatoms. The van der Waals surface area contributed by atoms with Crippen LogP contribution in [-0.2, 0) is 15.8 Å². The van der Waals surface area contributed by atoms with E-state index in [2.05, 4.69) is 15.0 Å². The quantitative estimate of drug-likeness (QED) is 0.601. The Bertz CT molecular complexity index is 1200. The molecule has 0 unspecified atom stereocenters. The van der Waals surface area contributed by atoms with Gasteiger partial charge in [0, 0.05) is 43.5 Å². The van der Waals surface area contributed by atoms with Gasteiger partial charge in [0.15, 0.2) is 0 Å². The van der Waals surface area contributed by atoms with Crippen LogP contribution in [0, 0.1) is 26.6 Å². The molecule has 1 fully saturated rings. The zero-order valence-electron chi connectivity index (χ0n) is 17.8. The largest absolute Gasteiger partial charge is 0.354 e. The molecule has 3 aromatic rings. The van der Waals surface area contributed by atoms with Crippen LogP contribution in [0.2, 0.25) is 0 Å². The second-order valence-corrected chi connectivity index (χ2v) is 9.62. The Morgan fingerprint density at radius 3 is 2.32 bits per heavy atom. The van der Waals surface area contributed by atoms with Crippen LogP contribution in [0.25, 0.3) is 5.82 Å². The molecule has 1 saturated heterocycles. The molecule has 1 aliphatic rings. The van der Waals surface area contributed by atoms with Crippen LogP contribution < -0.4 is 4.90 Å². The van der Waals surface area contributed by atoms with Crippen molar-refractivity contribution < 1.29 is 12.8 Å². The van der Waals surface area contributed by atoms with Crippen molar-refractivity contribution in [1.29, 1.82) is 0 Å². The van der Waals surface area contributed by atoms with E-state index in [1.807, 2.05) is 36.3 Å². The second-order valence-electron chi connectivity index (χ2n) is 7.65. The molecule has 31 heavy (non-hydrogen) atoms. The molecule has 0 radical (unpaired) electrons. The molecular formula is C21H25FN6O2S. The highest BCUT2D eigenvalue weighted by atomic mass is 32.2. The summed E-state index contributed by atoms with van der Waals surface area (Å²) in [4.78, 5) is 15.5. The number of rotatable bonds is 5. The van der Waals surface area contributed by atoms with Crippen LogP contribution in [0.15, 0.2) is 36.7 Å². The lowest BCUT2D eigenvalue weighted by atomic mass is 10.2. The maximum Gasteiger partial charge on any atom is 0.218 e. The molecule has 0 saturated carbocycles. The van der Waals surface area contributed by atoms with Crippen LogP contribution in [0.5, 0.6) is 0 Å². The average Bonchev–Trinajstić information content (AvgIpc) is 3.08. The highest BCUT2D eigenvalue weighted by Gasteiger charge is 2.28. The first kappa shape index (κ1) is 21.4. The fraction of sp³-hybridized carbons (Fsp3) is 0.381. The van der Waals surface area contributed by atoms with Gasteiger partial charge in [-0.1, -0.05) is 18.2 Å². The summed E-state index contributed by atoms with van der Waals surface area (Å²) in [7, 11) is -3.61. The molecule has 0 bridgehead atoms. The van der Waals surface area contributed by atoms with Crippen molar-refractivity contribution in [3.05, 3.63) is 65.3 Å². The monoisotopic (exact) mass is 444 g/mol. The van der Waals surface area contributed by atoms with Crippen molar-refractivity contribution in [1.82, 2.24) is 23.8 Å². The molecule has 0 atom stereocenters. The van der Waals surface area contributed by atoms with E-state index in [1.165, 1.54) is 16.4 Å². The SMILES string of the molecule is Cc1nc(N2CCN(S(=O)(=O)Cc3ccccc3F)CC2)cc(-n2cnc(C)c2C)n1. The molecule has 164 valence electrons. The lowest BCUT2D eigenvalue weighted by molar-refractivity contribution is 0.382. The Morgan fingerprint density at radius 1 is 1.00 bits per heavy atom. The first-order chi connectivity index (χ1) is 14.7. The predicted octanol–water partition coefficient (Wildman–Crippen LogP) is 2.38. The van der Waals surface area contributed by atoms with Gasteiger partial charge < -0.3 is 4.90 Å². The number of piperazine rings is 1. The minimum atomic E-state index is -3.61. The van der Waals surface area contributed by atoms with Gasteiger partial charge in [-0.2, -0.15) is 4.31 Å². The van der Waals surface area contributed by atoms with Crippen molar-refractivity contribution >= 4 is 15.8 Å². The van der Waals surface area contributed by atoms with E-state index in [4.69, 9.17) is 0 Å². The molecule has 0 aliphatic carbocycles. The number of anilines is 1. The Balaban J connectivity index is 1.49. The molecule has 4 rings (SSSR count). The molecule has 2 aromatic heterocycles. The fourth-order valence-corrected chi connectivity index (χ4v) is 5.18. The minimum Gasteiger partial charge on any atom is -0.354 e. The minimum absolute atomic E-state index is 0.187. The zero-order valence-corrected chi connectivity index (χ0v) is 18.6. The Kier molecular flexibility index (Phi) is 5.76. The second kappa shape index (κ2) is 8.35. The highest BCUT2D eigenvalue weighted by Crippen LogP contribution is 2.21. The number of sulfonamides is 1. The van der Waals surface area contributed by atoms with Crippen LogP contribution in [0.1, 0.15) is 22.8 Å². The molecule has 0 spiro atoms. The molecule has 0 N–H and O–H groups in total. The first-order valence-corrected chi connectivity index (χ1v) is 11.7. The van der Waals surface area contributed by atoms with Crippen molar-refractivity contribution in [2.45, 2.75) is 26.5 Å². The van der Waals surface area contributed by atoms with Crippen molar-refractivity contribution in [2.75, 3.05) is 31.1 Å². The van der Waals surface area contributed by atoms with Gasteiger partial charge in [0.25, 0.3) is 0 Å². The summed E-state index contributed by atoms with van der Waals surface area (Å²) in [5.41, 5.74) is 2.13. The summed E-state index contributed by atoms with van der Waals surface area (Å²) in [5.74, 6) is 1.27. The average molecular weight is 445 g/mol. The van der Waals surface area contributed by atoms with E-state index in [-0.39, 0.29) is 11.3 Å². The number of hydrogen-bond donors (Lipinski definition) is 0. The number of hydrogen-bond acceptors (Lipinski definition) is 6. The number of aromatic nitrogens is 4. The van der Waals surface area contributed by atoms with E-state index < -0.39 is 15.8 Å². The van der Waals surface area contributed by atoms with Crippen LogP contribution in [0.3, 0.4) is 0 Å². The van der Waals surface area contributed by atoms with Crippen molar-refractivity contribution in [3.63, 3.8) is 0 Å². The van der Waals surface area contributed by atoms with Gasteiger partial charge in [0.1, 0.15) is 29.6 Å². The topological polar surface area (TPSA) is 84.2 Å². The van der Waals surface area contributed by atoms with Gasteiger partial charge in [0.05, 0.1) is 11.4 Å². The maximum atomic E-state index is 13.9. The summed E-state index contributed by atoms with van der Waals surface area (Å²) in [6.07, 6.45) is 1.74. The summed E-state index contributed by atoms with van der Waals surface area (Å²) >= 11 is 0. The summed E-state index contributed by atoms with van der Waals surface area (Å²) in [6.45, 7) is 7.39. The summed E-state index contributed by atoms with van der Waals surface area (Å²) < 4.78 is 42.8. The molecule has 0 amide bonds. The van der Waals surface area contributed by atoms with E-state index in [9.17, 15) is 12.8 Å². The number of aryl methyl sites for hydroxylation is 2. The number of imidazole rings is 1. The third-order valence-corrected chi connectivity index (χ3v) is 7.39. The maximum absolute atomic E-state index is 13.9. The third kappa shape index (κ3) is 4.45. The number of benzene rings is 1. The van der Waals surface area contributed by atoms with E-state index in [0.29, 0.717) is 32.0 Å². The van der Waals surface area contributed by atoms with E-state index in [0.717, 1.165) is 23.0 Å². The lowest BCUT2D eigenvalue weighted by Gasteiger charge is -2.35. The molecular weight excluding hydrogens is 419 g/mol. The third-order valence-electron chi connectivity index (χ3n) is 5.56. The zero-order chi connectivity index (χ0) is 22.2. The molecule has 1 aromatic carbocycles. The van der Waals surface area contributed by atoms with Gasteiger partial charge in [-0.25, -0.2) is 27.8 Å². The predicted molar refractivity (Wildman–Crippen MR) is 116 cm³/mol. The normalized spacial score (nSPS) is 15.4. The molecule has 3 heterocycles. The fourth-order valence-electron chi connectivity index (χ4n) is 3.65. The van der Waals surface area contributed by atoms with Gasteiger partial charge in [-0.3, -0.25) is 4.57 Å². The van der Waals surface area contributed by atoms with Gasteiger partial charge >= 0.3 is 0 Å². The Labute approximate surface area is 181 Å². The summed E-state index contributed by atoms with van der Waals surface area (Å²) in [6, 6.07) is 7.87. The van der Waals surface area contributed by atoms with Crippen molar-refractivity contribution in [2.24, 2.45) is 0 Å². The summed E-state index contributed by atoms with van der Waals surface area (Å²) in [5, 5.41) is 0. The van der Waals surface area contributed by atoms with Crippen LogP contribution in [0.4, 0.5) is 10.2 Å². The van der Waals surface area contributed by atoms with E-state index in [1.54, 1.807) is 18.5 Å². The first-order valence-electron chi connectivity index (χ1n) is 10.1. The molecule has 1 aliphatic heterocycles. The van der Waals surface area contributed by atoms with Gasteiger partial charge in [-0.15, -0.1) is 0 Å². The number of nitrogens with zero attached hydrogens (tertiary/aromatic N) is 6. The Hall–Kier alpha value is -2.85. The standard InChI is InChI=1S/C21H25FN6O2S/c1-15-16(2)28(14-23-15)21-12-20(24-17(3)25-21)26-8-10-27(11-9-26)31(29,30)13-18-6-4-5-7-19(18)22/h4-7,12,14H,8-11,13H2,1-3H3. The smallest absolute Gasteiger partial charge is 0.218 e. The van der Waals surface area contributed by atoms with Crippen LogP contribution in [-0.4, -0.2) is 58.4 Å². The highest BCUT2D eigenvalue weighted by molar-refractivity contribution is 7.88. The van der Waals surface area contributed by atoms with Gasteiger partial charge in [0.2, 0.25) is 10.0 Å². The molecule has 8 nitrogen and oxygen atoms in total. The number of halogens is 1. The Morgan fingerprint density at radius 2 is 1.68 bits per heavy atom.